The number of hydrogen-bond donors (Lipinski definition) is 0. The predicted octanol–water partition coefficient (Wildman–Crippen LogP) is 3.53. The van der Waals surface area contributed by atoms with Gasteiger partial charge in [-0.2, -0.15) is 0 Å². The quantitative estimate of drug-likeness (QED) is 0.482. The minimum absolute atomic E-state index is 0.355. The number of aryl methyl sites for hydroxylation is 1. The molecule has 0 saturated carbocycles. The Morgan fingerprint density at radius 2 is 1.90 bits per heavy atom. The smallest absolute Gasteiger partial charge is 0.330 e. The van der Waals surface area contributed by atoms with Crippen LogP contribution in [0.15, 0.2) is 61.0 Å². The maximum absolute atomic E-state index is 10.9. The van der Waals surface area contributed by atoms with Gasteiger partial charge in [-0.05, 0) is 30.7 Å². The summed E-state index contributed by atoms with van der Waals surface area (Å²) >= 11 is 0. The Morgan fingerprint density at radius 3 is 2.60 bits per heavy atom. The number of aromatic nitrogens is 1. The average Bonchev–Trinajstić information content (AvgIpc) is 2.93. The Labute approximate surface area is 118 Å². The third kappa shape index (κ3) is 3.72. The van der Waals surface area contributed by atoms with E-state index in [2.05, 4.69) is 40.5 Å². The minimum atomic E-state index is -0.355. The number of allylic oxidation sites excluding steroid dienone is 2. The summed E-state index contributed by atoms with van der Waals surface area (Å²) in [6, 6.07) is 10.4. The summed E-state index contributed by atoms with van der Waals surface area (Å²) in [7, 11) is 1.36. The Morgan fingerprint density at radius 1 is 1.15 bits per heavy atom. The summed E-state index contributed by atoms with van der Waals surface area (Å²) in [5.41, 5.74) is 3.44. The standard InChI is InChI=1S/C17H17NO2/c1-14-7-9-16(10-8-14)18-12-11-15(13-18)5-3-4-6-17(19)20-2/h3-13H,1-2H3/b5-3+,6-4+. The van der Waals surface area contributed by atoms with Crippen LogP contribution >= 0.6 is 0 Å². The van der Waals surface area contributed by atoms with Crippen molar-refractivity contribution in [3.63, 3.8) is 0 Å². The number of rotatable bonds is 4. The van der Waals surface area contributed by atoms with Gasteiger partial charge in [0.05, 0.1) is 7.11 Å². The van der Waals surface area contributed by atoms with Crippen molar-refractivity contribution in [2.75, 3.05) is 7.11 Å². The van der Waals surface area contributed by atoms with Gasteiger partial charge in [0.15, 0.2) is 0 Å². The van der Waals surface area contributed by atoms with Crippen LogP contribution in [-0.4, -0.2) is 17.6 Å². The van der Waals surface area contributed by atoms with E-state index in [0.29, 0.717) is 0 Å². The van der Waals surface area contributed by atoms with E-state index in [1.807, 2.05) is 30.6 Å². The van der Waals surface area contributed by atoms with Gasteiger partial charge in [0.1, 0.15) is 0 Å². The van der Waals surface area contributed by atoms with E-state index in [1.54, 1.807) is 6.08 Å². The van der Waals surface area contributed by atoms with Crippen LogP contribution in [0.4, 0.5) is 0 Å². The number of carbonyl (C=O) groups is 1. The highest BCUT2D eigenvalue weighted by molar-refractivity contribution is 5.82. The van der Waals surface area contributed by atoms with Gasteiger partial charge < -0.3 is 9.30 Å². The fourth-order valence-electron chi connectivity index (χ4n) is 1.76. The van der Waals surface area contributed by atoms with Gasteiger partial charge in [0, 0.05) is 24.2 Å². The zero-order valence-electron chi connectivity index (χ0n) is 11.6. The number of carbonyl (C=O) groups excluding carboxylic acids is 1. The fraction of sp³-hybridized carbons (Fsp3) is 0.118. The van der Waals surface area contributed by atoms with Crippen molar-refractivity contribution in [1.82, 2.24) is 4.57 Å². The summed E-state index contributed by atoms with van der Waals surface area (Å²) in [5.74, 6) is -0.355. The summed E-state index contributed by atoms with van der Waals surface area (Å²) < 4.78 is 6.57. The zero-order valence-corrected chi connectivity index (χ0v) is 11.6. The Hall–Kier alpha value is -2.55. The van der Waals surface area contributed by atoms with Crippen molar-refractivity contribution in [1.29, 1.82) is 0 Å². The van der Waals surface area contributed by atoms with Gasteiger partial charge in [-0.15, -0.1) is 0 Å². The molecule has 0 unspecified atom stereocenters. The average molecular weight is 267 g/mol. The monoisotopic (exact) mass is 267 g/mol. The topological polar surface area (TPSA) is 31.2 Å². The zero-order chi connectivity index (χ0) is 14.4. The highest BCUT2D eigenvalue weighted by Crippen LogP contribution is 2.12. The van der Waals surface area contributed by atoms with Crippen molar-refractivity contribution in [2.24, 2.45) is 0 Å². The lowest BCUT2D eigenvalue weighted by Crippen LogP contribution is -1.92. The number of nitrogens with zero attached hydrogens (tertiary/aromatic N) is 1. The van der Waals surface area contributed by atoms with Gasteiger partial charge >= 0.3 is 5.97 Å². The van der Waals surface area contributed by atoms with Gasteiger partial charge in [-0.3, -0.25) is 0 Å². The lowest BCUT2D eigenvalue weighted by atomic mass is 10.2. The van der Waals surface area contributed by atoms with Crippen LogP contribution in [0.25, 0.3) is 11.8 Å². The minimum Gasteiger partial charge on any atom is -0.466 e. The van der Waals surface area contributed by atoms with Gasteiger partial charge in [0.25, 0.3) is 0 Å². The molecule has 0 aliphatic carbocycles. The van der Waals surface area contributed by atoms with E-state index in [0.717, 1.165) is 11.3 Å². The van der Waals surface area contributed by atoms with Crippen molar-refractivity contribution in [3.05, 3.63) is 72.1 Å². The van der Waals surface area contributed by atoms with E-state index < -0.39 is 0 Å². The largest absolute Gasteiger partial charge is 0.466 e. The Kier molecular flexibility index (Phi) is 4.56. The highest BCUT2D eigenvalue weighted by Gasteiger charge is 1.96. The molecular formula is C17H17NO2. The van der Waals surface area contributed by atoms with Crippen LogP contribution in [0.1, 0.15) is 11.1 Å². The second-order valence-electron chi connectivity index (χ2n) is 4.43. The second-order valence-corrected chi connectivity index (χ2v) is 4.43. The molecule has 2 rings (SSSR count). The first-order chi connectivity index (χ1) is 9.69. The molecule has 20 heavy (non-hydrogen) atoms. The van der Waals surface area contributed by atoms with Crippen LogP contribution in [-0.2, 0) is 9.53 Å². The third-order valence-electron chi connectivity index (χ3n) is 2.88. The number of methoxy groups -OCH3 is 1. The van der Waals surface area contributed by atoms with Gasteiger partial charge in [-0.1, -0.05) is 35.9 Å². The van der Waals surface area contributed by atoms with E-state index >= 15 is 0 Å². The summed E-state index contributed by atoms with van der Waals surface area (Å²) in [5, 5.41) is 0. The highest BCUT2D eigenvalue weighted by atomic mass is 16.5. The lowest BCUT2D eigenvalue weighted by molar-refractivity contribution is -0.134. The molecule has 0 amide bonds. The molecule has 1 aromatic carbocycles. The third-order valence-corrected chi connectivity index (χ3v) is 2.88. The van der Waals surface area contributed by atoms with Crippen molar-refractivity contribution in [2.45, 2.75) is 6.92 Å². The van der Waals surface area contributed by atoms with Crippen LogP contribution in [0.3, 0.4) is 0 Å². The van der Waals surface area contributed by atoms with Crippen molar-refractivity contribution < 1.29 is 9.53 Å². The molecule has 0 bridgehead atoms. The van der Waals surface area contributed by atoms with E-state index in [-0.39, 0.29) is 5.97 Å². The van der Waals surface area contributed by atoms with Crippen LogP contribution in [0.2, 0.25) is 0 Å². The number of ether oxygens (including phenoxy) is 1. The Bertz CT molecular complexity index is 633. The maximum atomic E-state index is 10.9. The second kappa shape index (κ2) is 6.57. The first kappa shape index (κ1) is 13.9. The molecule has 0 radical (unpaired) electrons. The summed E-state index contributed by atoms with van der Waals surface area (Å²) in [6.07, 6.45) is 10.8. The van der Waals surface area contributed by atoms with Crippen LogP contribution < -0.4 is 0 Å². The molecular weight excluding hydrogens is 250 g/mol. The van der Waals surface area contributed by atoms with E-state index in [9.17, 15) is 4.79 Å². The fourth-order valence-corrected chi connectivity index (χ4v) is 1.76. The number of hydrogen-bond acceptors (Lipinski definition) is 2. The number of esters is 1. The van der Waals surface area contributed by atoms with Crippen LogP contribution in [0, 0.1) is 6.92 Å². The summed E-state index contributed by atoms with van der Waals surface area (Å²) in [4.78, 5) is 10.9. The molecule has 0 atom stereocenters. The molecule has 0 N–H and O–H groups in total. The summed E-state index contributed by atoms with van der Waals surface area (Å²) in [6.45, 7) is 2.07. The molecule has 0 spiro atoms. The molecule has 2 aromatic rings. The van der Waals surface area contributed by atoms with Gasteiger partial charge in [-0.25, -0.2) is 4.79 Å². The first-order valence-electron chi connectivity index (χ1n) is 6.37. The SMILES string of the molecule is COC(=O)/C=C/C=C/c1ccn(-c2ccc(C)cc2)c1. The molecule has 0 saturated heterocycles. The molecule has 3 heteroatoms. The predicted molar refractivity (Wildman–Crippen MR) is 80.7 cm³/mol. The molecule has 1 heterocycles. The molecule has 1 aromatic heterocycles. The molecule has 0 fully saturated rings. The van der Waals surface area contributed by atoms with E-state index in [1.165, 1.54) is 18.7 Å². The lowest BCUT2D eigenvalue weighted by Gasteiger charge is -2.02. The van der Waals surface area contributed by atoms with Crippen molar-refractivity contribution >= 4 is 12.0 Å². The van der Waals surface area contributed by atoms with Gasteiger partial charge in [0.2, 0.25) is 0 Å². The maximum Gasteiger partial charge on any atom is 0.330 e. The first-order valence-corrected chi connectivity index (χ1v) is 6.37. The van der Waals surface area contributed by atoms with E-state index in [4.69, 9.17) is 0 Å². The molecule has 102 valence electrons. The van der Waals surface area contributed by atoms with Crippen LogP contribution in [0.5, 0.6) is 0 Å². The Balaban J connectivity index is 2.06. The molecule has 0 aliphatic heterocycles. The molecule has 0 aliphatic rings. The van der Waals surface area contributed by atoms with Crippen molar-refractivity contribution in [3.8, 4) is 5.69 Å². The normalized spacial score (nSPS) is 11.3. The molecule has 3 nitrogen and oxygen atoms in total. The number of benzene rings is 1.